The van der Waals surface area contributed by atoms with Crippen LogP contribution in [0, 0.1) is 23.6 Å². The van der Waals surface area contributed by atoms with Gasteiger partial charge in [-0.1, -0.05) is 18.2 Å². The number of para-hydroxylation sites is 1. The number of thiophene rings is 1. The van der Waals surface area contributed by atoms with Crippen molar-refractivity contribution in [3.63, 3.8) is 0 Å². The summed E-state index contributed by atoms with van der Waals surface area (Å²) in [6.07, 6.45) is -0.558. The SMILES string of the molecule is CC(c1cc2ccccc2o1)(C1C2CNCC21)N(C(=O)Oc1cccs1)c1ccc(N2CCOCC2)c(F)c1. The molecule has 2 aliphatic heterocycles. The van der Waals surface area contributed by atoms with Crippen molar-refractivity contribution in [3.05, 3.63) is 77.6 Å². The van der Waals surface area contributed by atoms with Crippen LogP contribution in [0.15, 0.2) is 70.5 Å². The number of carbonyl (C=O) groups is 1. The summed E-state index contributed by atoms with van der Waals surface area (Å²) in [5.74, 6) is 1.18. The van der Waals surface area contributed by atoms with Crippen molar-refractivity contribution in [1.82, 2.24) is 5.32 Å². The highest BCUT2D eigenvalue weighted by molar-refractivity contribution is 7.11. The third-order valence-electron chi connectivity index (χ3n) is 8.54. The number of hydrogen-bond donors (Lipinski definition) is 1. The maximum atomic E-state index is 15.7. The summed E-state index contributed by atoms with van der Waals surface area (Å²) in [6.45, 7) is 6.15. The standard InChI is InChI=1S/C30H30FN3O4S/c1-30(28-21-17-32-18-22(21)28,26-15-19-5-2-3-6-25(19)37-26)34(29(35)38-27-7-4-14-39-27)20-8-9-24(23(31)16-20)33-10-12-36-13-11-33/h2-9,14-16,21-22,28,32H,10-13,17-18H2,1H3. The molecule has 1 aliphatic carbocycles. The molecule has 2 aromatic heterocycles. The summed E-state index contributed by atoms with van der Waals surface area (Å²) >= 11 is 1.34. The van der Waals surface area contributed by atoms with Crippen molar-refractivity contribution in [1.29, 1.82) is 0 Å². The fraction of sp³-hybridized carbons (Fsp3) is 0.367. The second kappa shape index (κ2) is 9.66. The molecule has 9 heteroatoms. The van der Waals surface area contributed by atoms with Crippen molar-refractivity contribution in [2.45, 2.75) is 12.5 Å². The van der Waals surface area contributed by atoms with Crippen molar-refractivity contribution in [3.8, 4) is 5.06 Å². The summed E-state index contributed by atoms with van der Waals surface area (Å²) in [5, 5.41) is 6.77. The van der Waals surface area contributed by atoms with Gasteiger partial charge in [0.15, 0.2) is 5.06 Å². The zero-order chi connectivity index (χ0) is 26.6. The van der Waals surface area contributed by atoms with E-state index in [-0.39, 0.29) is 11.7 Å². The van der Waals surface area contributed by atoms with Gasteiger partial charge in [0.25, 0.3) is 0 Å². The first-order chi connectivity index (χ1) is 19.0. The van der Waals surface area contributed by atoms with Gasteiger partial charge < -0.3 is 24.1 Å². The van der Waals surface area contributed by atoms with Crippen molar-refractivity contribution >= 4 is 39.8 Å². The van der Waals surface area contributed by atoms with E-state index in [9.17, 15) is 4.79 Å². The van der Waals surface area contributed by atoms with Gasteiger partial charge in [-0.05, 0) is 85.6 Å². The lowest BCUT2D eigenvalue weighted by atomic mass is 9.86. The van der Waals surface area contributed by atoms with Gasteiger partial charge in [-0.15, -0.1) is 11.3 Å². The zero-order valence-electron chi connectivity index (χ0n) is 21.6. The topological polar surface area (TPSA) is 67.2 Å². The summed E-state index contributed by atoms with van der Waals surface area (Å²) in [7, 11) is 0. The lowest BCUT2D eigenvalue weighted by Gasteiger charge is -2.41. The first-order valence-corrected chi connectivity index (χ1v) is 14.3. The van der Waals surface area contributed by atoms with Gasteiger partial charge >= 0.3 is 6.09 Å². The Labute approximate surface area is 230 Å². The number of ether oxygens (including phenoxy) is 2. The van der Waals surface area contributed by atoms with Gasteiger partial charge in [-0.25, -0.2) is 9.18 Å². The number of morpholine rings is 1. The largest absolute Gasteiger partial charge is 0.459 e. The molecule has 7 nitrogen and oxygen atoms in total. The van der Waals surface area contributed by atoms with Crippen LogP contribution in [0.25, 0.3) is 11.0 Å². The fourth-order valence-corrected chi connectivity index (χ4v) is 7.19. The van der Waals surface area contributed by atoms with Crippen LogP contribution in [0.1, 0.15) is 12.7 Å². The molecule has 3 atom stereocenters. The molecule has 4 aromatic rings. The molecule has 0 radical (unpaired) electrons. The van der Waals surface area contributed by atoms with E-state index in [4.69, 9.17) is 13.9 Å². The van der Waals surface area contributed by atoms with Gasteiger partial charge in [0, 0.05) is 18.5 Å². The molecule has 7 rings (SSSR count). The number of fused-ring (bicyclic) bond motifs is 2. The van der Waals surface area contributed by atoms with Crippen LogP contribution in [0.3, 0.4) is 0 Å². The highest BCUT2D eigenvalue weighted by Crippen LogP contribution is 2.61. The Bertz CT molecular complexity index is 1460. The molecular weight excluding hydrogens is 517 g/mol. The summed E-state index contributed by atoms with van der Waals surface area (Å²) in [4.78, 5) is 17.7. The first kappa shape index (κ1) is 24.6. The number of piperidine rings is 1. The molecule has 202 valence electrons. The van der Waals surface area contributed by atoms with Crippen LogP contribution in [0.4, 0.5) is 20.6 Å². The number of halogens is 1. The molecule has 2 aromatic carbocycles. The summed E-state index contributed by atoms with van der Waals surface area (Å²) < 4.78 is 33.5. The van der Waals surface area contributed by atoms with Crippen LogP contribution in [-0.4, -0.2) is 45.5 Å². The quantitative estimate of drug-likeness (QED) is 0.326. The monoisotopic (exact) mass is 547 g/mol. The molecule has 1 N–H and O–H groups in total. The van der Waals surface area contributed by atoms with E-state index in [1.165, 1.54) is 17.4 Å². The minimum atomic E-state index is -0.905. The van der Waals surface area contributed by atoms with Gasteiger partial charge in [-0.2, -0.15) is 0 Å². The van der Waals surface area contributed by atoms with Crippen LogP contribution < -0.4 is 19.9 Å². The number of rotatable bonds is 6. The van der Waals surface area contributed by atoms with Gasteiger partial charge in [0.2, 0.25) is 0 Å². The fourth-order valence-electron chi connectivity index (χ4n) is 6.62. The van der Waals surface area contributed by atoms with E-state index >= 15 is 4.39 Å². The summed E-state index contributed by atoms with van der Waals surface area (Å²) in [5.41, 5.74) is 0.791. The molecule has 2 saturated heterocycles. The van der Waals surface area contributed by atoms with Crippen LogP contribution >= 0.6 is 11.3 Å². The first-order valence-electron chi connectivity index (χ1n) is 13.4. The minimum absolute atomic E-state index is 0.122. The maximum absolute atomic E-state index is 15.7. The van der Waals surface area contributed by atoms with Crippen LogP contribution in [0.2, 0.25) is 0 Å². The zero-order valence-corrected chi connectivity index (χ0v) is 22.5. The molecule has 3 aliphatic rings. The highest BCUT2D eigenvalue weighted by atomic mass is 32.1. The molecule has 0 bridgehead atoms. The minimum Gasteiger partial charge on any atom is -0.459 e. The van der Waals surface area contributed by atoms with E-state index in [0.29, 0.717) is 60.3 Å². The Hall–Kier alpha value is -3.40. The molecule has 3 unspecified atom stereocenters. The van der Waals surface area contributed by atoms with Crippen molar-refractivity contribution < 1.29 is 23.1 Å². The average Bonchev–Trinajstić information content (AvgIpc) is 3.42. The highest BCUT2D eigenvalue weighted by Gasteiger charge is 2.65. The number of carbonyl (C=O) groups excluding carboxylic acids is 1. The third-order valence-corrected chi connectivity index (χ3v) is 9.28. The Morgan fingerprint density at radius 2 is 1.90 bits per heavy atom. The molecule has 3 fully saturated rings. The Morgan fingerprint density at radius 3 is 2.62 bits per heavy atom. The Balaban J connectivity index is 1.36. The van der Waals surface area contributed by atoms with Crippen molar-refractivity contribution in [2.75, 3.05) is 49.2 Å². The van der Waals surface area contributed by atoms with E-state index in [1.54, 1.807) is 17.0 Å². The number of nitrogens with one attached hydrogen (secondary N) is 1. The van der Waals surface area contributed by atoms with E-state index in [2.05, 4.69) is 5.32 Å². The van der Waals surface area contributed by atoms with Gasteiger partial charge in [-0.3, -0.25) is 4.90 Å². The third kappa shape index (κ3) is 4.20. The van der Waals surface area contributed by atoms with Crippen LogP contribution in [-0.2, 0) is 10.3 Å². The maximum Gasteiger partial charge on any atom is 0.421 e. The predicted octanol–water partition coefficient (Wildman–Crippen LogP) is 5.86. The molecule has 0 spiro atoms. The Morgan fingerprint density at radius 1 is 1.10 bits per heavy atom. The van der Waals surface area contributed by atoms with Crippen LogP contribution in [0.5, 0.6) is 5.06 Å². The Kier molecular flexibility index (Phi) is 6.10. The predicted molar refractivity (Wildman–Crippen MR) is 149 cm³/mol. The molecule has 4 heterocycles. The lowest BCUT2D eigenvalue weighted by molar-refractivity contribution is 0.122. The number of nitrogens with zero attached hydrogens (tertiary/aromatic N) is 2. The summed E-state index contributed by atoms with van der Waals surface area (Å²) in [6, 6.07) is 18.5. The normalized spacial score (nSPS) is 23.8. The van der Waals surface area contributed by atoms with E-state index < -0.39 is 11.6 Å². The van der Waals surface area contributed by atoms with Crippen molar-refractivity contribution in [2.24, 2.45) is 17.8 Å². The molecule has 1 amide bonds. The second-order valence-corrected chi connectivity index (χ2v) is 11.6. The lowest BCUT2D eigenvalue weighted by Crippen LogP contribution is -2.52. The van der Waals surface area contributed by atoms with E-state index in [0.717, 1.165) is 24.1 Å². The number of amides is 1. The average molecular weight is 548 g/mol. The van der Waals surface area contributed by atoms with E-state index in [1.807, 2.05) is 59.7 Å². The van der Waals surface area contributed by atoms with Gasteiger partial charge in [0.1, 0.15) is 22.7 Å². The van der Waals surface area contributed by atoms with Gasteiger partial charge in [0.05, 0.1) is 24.6 Å². The second-order valence-electron chi connectivity index (χ2n) is 10.7. The molecular formula is C30H30FN3O4S. The molecule has 1 saturated carbocycles. The number of anilines is 2. The smallest absolute Gasteiger partial charge is 0.421 e. The number of hydrogen-bond acceptors (Lipinski definition) is 7. The molecule has 39 heavy (non-hydrogen) atoms. The number of furan rings is 1. The number of benzene rings is 2.